The zero-order valence-electron chi connectivity index (χ0n) is 14.6. The number of thiophene rings is 1. The number of nitrogens with one attached hydrogen (secondary N) is 1. The summed E-state index contributed by atoms with van der Waals surface area (Å²) in [6.45, 7) is 2.53. The van der Waals surface area contributed by atoms with Gasteiger partial charge in [0.05, 0.1) is 18.1 Å². The third-order valence-corrected chi connectivity index (χ3v) is 6.23. The minimum atomic E-state index is -0.0383. The van der Waals surface area contributed by atoms with Crippen LogP contribution >= 0.6 is 11.3 Å². The fraction of sp³-hybridized carbons (Fsp3) is 0.400. The molecule has 1 aliphatic heterocycles. The van der Waals surface area contributed by atoms with Crippen LogP contribution in [0.1, 0.15) is 26.5 Å². The number of amides is 2. The molecule has 26 heavy (non-hydrogen) atoms. The number of aryl methyl sites for hydroxylation is 1. The van der Waals surface area contributed by atoms with Crippen LogP contribution in [0.3, 0.4) is 0 Å². The van der Waals surface area contributed by atoms with Crippen LogP contribution in [0.2, 0.25) is 0 Å². The molecule has 6 heteroatoms. The standard InChI is InChI=1S/C20H22N2O3S/c23-19(21-16-4-2-1-3-5-16)14-6-7-17-15(12-14)13-18(26-17)20(24)22-8-10-25-11-9-22/h1-5,13-14H,6-12H2,(H,21,23)/t14-/m0/s1. The molecule has 4 rings (SSSR count). The molecule has 1 fully saturated rings. The van der Waals surface area contributed by atoms with Crippen molar-refractivity contribution in [2.45, 2.75) is 19.3 Å². The third-order valence-electron chi connectivity index (χ3n) is 5.00. The van der Waals surface area contributed by atoms with Gasteiger partial charge in [-0.1, -0.05) is 18.2 Å². The number of hydrogen-bond donors (Lipinski definition) is 1. The number of anilines is 1. The van der Waals surface area contributed by atoms with Crippen molar-refractivity contribution in [3.63, 3.8) is 0 Å². The van der Waals surface area contributed by atoms with Gasteiger partial charge in [0.2, 0.25) is 5.91 Å². The Morgan fingerprint density at radius 2 is 1.92 bits per heavy atom. The lowest BCUT2D eigenvalue weighted by Gasteiger charge is -2.26. The first kappa shape index (κ1) is 17.2. The minimum absolute atomic E-state index is 0.0383. The molecule has 0 saturated carbocycles. The Labute approximate surface area is 157 Å². The quantitative estimate of drug-likeness (QED) is 0.904. The van der Waals surface area contributed by atoms with Gasteiger partial charge in [-0.3, -0.25) is 9.59 Å². The SMILES string of the molecule is O=C(Nc1ccccc1)[C@H]1CCc2sc(C(=O)N3CCOCC3)cc2C1. The summed E-state index contributed by atoms with van der Waals surface area (Å²) in [6.07, 6.45) is 2.40. The Hall–Kier alpha value is -2.18. The van der Waals surface area contributed by atoms with Crippen LogP contribution in [0.25, 0.3) is 0 Å². The summed E-state index contributed by atoms with van der Waals surface area (Å²) in [6, 6.07) is 11.6. The number of morpholine rings is 1. The van der Waals surface area contributed by atoms with Gasteiger partial charge in [-0.15, -0.1) is 11.3 Å². The van der Waals surface area contributed by atoms with Crippen molar-refractivity contribution in [2.75, 3.05) is 31.6 Å². The first-order chi connectivity index (χ1) is 12.7. The van der Waals surface area contributed by atoms with Gasteiger partial charge in [0.1, 0.15) is 0 Å². The van der Waals surface area contributed by atoms with Crippen LogP contribution in [0.4, 0.5) is 5.69 Å². The highest BCUT2D eigenvalue weighted by molar-refractivity contribution is 7.14. The van der Waals surface area contributed by atoms with Gasteiger partial charge >= 0.3 is 0 Å². The molecule has 1 aliphatic carbocycles. The van der Waals surface area contributed by atoms with Crippen molar-refractivity contribution in [1.82, 2.24) is 4.90 Å². The first-order valence-corrected chi connectivity index (χ1v) is 9.87. The van der Waals surface area contributed by atoms with Gasteiger partial charge in [0, 0.05) is 29.6 Å². The molecule has 2 aromatic rings. The van der Waals surface area contributed by atoms with Crippen molar-refractivity contribution >= 4 is 28.8 Å². The van der Waals surface area contributed by atoms with Crippen molar-refractivity contribution in [3.05, 3.63) is 51.7 Å². The van der Waals surface area contributed by atoms with E-state index in [-0.39, 0.29) is 17.7 Å². The van der Waals surface area contributed by atoms with E-state index in [0.29, 0.717) is 32.7 Å². The molecule has 2 aliphatic rings. The molecule has 1 N–H and O–H groups in total. The van der Waals surface area contributed by atoms with Crippen LogP contribution in [-0.2, 0) is 22.4 Å². The number of rotatable bonds is 3. The summed E-state index contributed by atoms with van der Waals surface area (Å²) in [7, 11) is 0. The van der Waals surface area contributed by atoms with Crippen LogP contribution in [-0.4, -0.2) is 43.0 Å². The van der Waals surface area contributed by atoms with Crippen molar-refractivity contribution in [3.8, 4) is 0 Å². The summed E-state index contributed by atoms with van der Waals surface area (Å²) in [5, 5.41) is 3.00. The highest BCUT2D eigenvalue weighted by Gasteiger charge is 2.29. The van der Waals surface area contributed by atoms with Crippen molar-refractivity contribution in [2.24, 2.45) is 5.92 Å². The third kappa shape index (κ3) is 3.66. The first-order valence-electron chi connectivity index (χ1n) is 9.05. The molecular formula is C20H22N2O3S. The maximum Gasteiger partial charge on any atom is 0.264 e. The number of fused-ring (bicyclic) bond motifs is 1. The fourth-order valence-corrected chi connectivity index (χ4v) is 4.72. The van der Waals surface area contributed by atoms with Gasteiger partial charge in [-0.05, 0) is 43.0 Å². The lowest BCUT2D eigenvalue weighted by molar-refractivity contribution is -0.120. The fourth-order valence-electron chi connectivity index (χ4n) is 3.54. The normalized spacial score (nSPS) is 19.7. The monoisotopic (exact) mass is 370 g/mol. The van der Waals surface area contributed by atoms with Crippen molar-refractivity contribution < 1.29 is 14.3 Å². The van der Waals surface area contributed by atoms with E-state index >= 15 is 0 Å². The van der Waals surface area contributed by atoms with Crippen LogP contribution in [0, 0.1) is 5.92 Å². The minimum Gasteiger partial charge on any atom is -0.378 e. The molecular weight excluding hydrogens is 348 g/mol. The summed E-state index contributed by atoms with van der Waals surface area (Å²) >= 11 is 1.59. The molecule has 5 nitrogen and oxygen atoms in total. The molecule has 1 aromatic carbocycles. The Balaban J connectivity index is 1.43. The van der Waals surface area contributed by atoms with Crippen molar-refractivity contribution in [1.29, 1.82) is 0 Å². The maximum absolute atomic E-state index is 12.7. The van der Waals surface area contributed by atoms with Crippen LogP contribution in [0.5, 0.6) is 0 Å². The number of benzene rings is 1. The second-order valence-electron chi connectivity index (χ2n) is 6.76. The maximum atomic E-state index is 12.7. The zero-order chi connectivity index (χ0) is 17.9. The second kappa shape index (κ2) is 7.60. The summed E-state index contributed by atoms with van der Waals surface area (Å²) in [5.41, 5.74) is 1.99. The van der Waals surface area contributed by atoms with Gasteiger partial charge in [-0.2, -0.15) is 0 Å². The molecule has 0 bridgehead atoms. The van der Waals surface area contributed by atoms with E-state index in [1.54, 1.807) is 11.3 Å². The van der Waals surface area contributed by atoms with Gasteiger partial charge in [0.25, 0.3) is 5.91 Å². The topological polar surface area (TPSA) is 58.6 Å². The molecule has 0 unspecified atom stereocenters. The summed E-state index contributed by atoms with van der Waals surface area (Å²) < 4.78 is 5.32. The van der Waals surface area contributed by atoms with Crippen LogP contribution in [0.15, 0.2) is 36.4 Å². The lowest BCUT2D eigenvalue weighted by atomic mass is 9.87. The average Bonchev–Trinajstić information content (AvgIpc) is 3.12. The van der Waals surface area contributed by atoms with E-state index in [4.69, 9.17) is 4.74 Å². The number of ether oxygens (including phenoxy) is 1. The largest absolute Gasteiger partial charge is 0.378 e. The molecule has 0 radical (unpaired) electrons. The van der Waals surface area contributed by atoms with E-state index in [2.05, 4.69) is 5.32 Å². The predicted octanol–water partition coefficient (Wildman–Crippen LogP) is 2.96. The number of para-hydroxylation sites is 1. The molecule has 1 aromatic heterocycles. The number of carbonyl (C=O) groups excluding carboxylic acids is 2. The Morgan fingerprint density at radius 1 is 1.15 bits per heavy atom. The molecule has 1 atom stereocenters. The average molecular weight is 370 g/mol. The molecule has 2 heterocycles. The number of hydrogen-bond acceptors (Lipinski definition) is 4. The second-order valence-corrected chi connectivity index (χ2v) is 7.90. The Kier molecular flexibility index (Phi) is 5.04. The van der Waals surface area contributed by atoms with Gasteiger partial charge in [-0.25, -0.2) is 0 Å². The molecule has 136 valence electrons. The predicted molar refractivity (Wildman–Crippen MR) is 102 cm³/mol. The summed E-state index contributed by atoms with van der Waals surface area (Å²) in [5.74, 6) is 0.121. The van der Waals surface area contributed by atoms with E-state index in [1.807, 2.05) is 41.3 Å². The van der Waals surface area contributed by atoms with E-state index < -0.39 is 0 Å². The van der Waals surface area contributed by atoms with Gasteiger partial charge < -0.3 is 15.0 Å². The highest BCUT2D eigenvalue weighted by atomic mass is 32.1. The summed E-state index contributed by atoms with van der Waals surface area (Å²) in [4.78, 5) is 29.2. The smallest absolute Gasteiger partial charge is 0.264 e. The zero-order valence-corrected chi connectivity index (χ0v) is 15.4. The van der Waals surface area contributed by atoms with E-state index in [9.17, 15) is 9.59 Å². The van der Waals surface area contributed by atoms with E-state index in [0.717, 1.165) is 29.0 Å². The molecule has 0 spiro atoms. The highest BCUT2D eigenvalue weighted by Crippen LogP contribution is 2.33. The Morgan fingerprint density at radius 3 is 2.69 bits per heavy atom. The number of nitrogens with zero attached hydrogens (tertiary/aromatic N) is 1. The van der Waals surface area contributed by atoms with E-state index in [1.165, 1.54) is 4.88 Å². The lowest BCUT2D eigenvalue weighted by Crippen LogP contribution is -2.40. The van der Waals surface area contributed by atoms with Crippen LogP contribution < -0.4 is 5.32 Å². The molecule has 1 saturated heterocycles. The van der Waals surface area contributed by atoms with Gasteiger partial charge in [0.15, 0.2) is 0 Å². The Bertz CT molecular complexity index is 797. The molecule has 2 amide bonds. The number of carbonyl (C=O) groups is 2.